The highest BCUT2D eigenvalue weighted by atomic mass is 19.4. The van der Waals surface area contributed by atoms with E-state index in [2.05, 4.69) is 0 Å². The van der Waals surface area contributed by atoms with Crippen molar-refractivity contribution in [3.05, 3.63) is 0 Å². The number of rotatable bonds is 8. The van der Waals surface area contributed by atoms with E-state index in [1.54, 1.807) is 0 Å². The van der Waals surface area contributed by atoms with Crippen molar-refractivity contribution in [2.75, 3.05) is 0 Å². The van der Waals surface area contributed by atoms with E-state index in [0.717, 1.165) is 19.3 Å². The van der Waals surface area contributed by atoms with Gasteiger partial charge in [0.1, 0.15) is 6.04 Å². The molecule has 0 saturated carbocycles. The SMILES string of the molecule is CCCCCCCC(O)(C(N)C(=O)O)C(F)(F)F. The van der Waals surface area contributed by atoms with Crippen molar-refractivity contribution in [2.24, 2.45) is 5.73 Å². The molecule has 4 nitrogen and oxygen atoms in total. The number of unbranched alkanes of at least 4 members (excludes halogenated alkanes) is 4. The van der Waals surface area contributed by atoms with Crippen molar-refractivity contribution >= 4 is 5.97 Å². The predicted molar refractivity (Wildman–Crippen MR) is 60.0 cm³/mol. The quantitative estimate of drug-likeness (QED) is 0.590. The maximum Gasteiger partial charge on any atom is 0.419 e. The minimum atomic E-state index is -5.05. The van der Waals surface area contributed by atoms with Gasteiger partial charge in [-0.15, -0.1) is 0 Å². The first-order valence-electron chi connectivity index (χ1n) is 5.94. The zero-order valence-electron chi connectivity index (χ0n) is 10.3. The Morgan fingerprint density at radius 2 is 1.72 bits per heavy atom. The summed E-state index contributed by atoms with van der Waals surface area (Å²) in [6.07, 6.45) is -2.53. The van der Waals surface area contributed by atoms with Gasteiger partial charge in [0.2, 0.25) is 0 Å². The highest BCUT2D eigenvalue weighted by molar-refractivity contribution is 5.75. The zero-order chi connectivity index (χ0) is 14.4. The Hall–Kier alpha value is -0.820. The number of carbonyl (C=O) groups is 1. The van der Waals surface area contributed by atoms with Crippen molar-refractivity contribution < 1.29 is 28.2 Å². The maximum absolute atomic E-state index is 12.7. The lowest BCUT2D eigenvalue weighted by Crippen LogP contribution is -2.61. The number of alkyl halides is 3. The molecule has 4 N–H and O–H groups in total. The first-order valence-corrected chi connectivity index (χ1v) is 5.94. The Morgan fingerprint density at radius 1 is 1.22 bits per heavy atom. The van der Waals surface area contributed by atoms with Crippen molar-refractivity contribution in [1.82, 2.24) is 0 Å². The Labute approximate surface area is 104 Å². The molecular weight excluding hydrogens is 251 g/mol. The van der Waals surface area contributed by atoms with E-state index in [9.17, 15) is 23.1 Å². The molecule has 0 aromatic rings. The van der Waals surface area contributed by atoms with Gasteiger partial charge < -0.3 is 15.9 Å². The fourth-order valence-electron chi connectivity index (χ4n) is 1.68. The summed E-state index contributed by atoms with van der Waals surface area (Å²) >= 11 is 0. The number of hydrogen-bond acceptors (Lipinski definition) is 3. The summed E-state index contributed by atoms with van der Waals surface area (Å²) in [4.78, 5) is 10.5. The molecule has 0 aliphatic carbocycles. The van der Waals surface area contributed by atoms with Gasteiger partial charge in [0, 0.05) is 0 Å². The topological polar surface area (TPSA) is 83.5 Å². The Kier molecular flexibility index (Phi) is 6.62. The van der Waals surface area contributed by atoms with Gasteiger partial charge >= 0.3 is 12.1 Å². The molecule has 2 atom stereocenters. The molecule has 18 heavy (non-hydrogen) atoms. The van der Waals surface area contributed by atoms with E-state index in [-0.39, 0.29) is 6.42 Å². The summed E-state index contributed by atoms with van der Waals surface area (Å²) < 4.78 is 38.1. The molecule has 108 valence electrons. The van der Waals surface area contributed by atoms with Crippen LogP contribution in [0.4, 0.5) is 13.2 Å². The third kappa shape index (κ3) is 4.45. The van der Waals surface area contributed by atoms with Gasteiger partial charge in [0.15, 0.2) is 5.60 Å². The highest BCUT2D eigenvalue weighted by Crippen LogP contribution is 2.36. The number of aliphatic carboxylic acids is 1. The normalized spacial score (nSPS) is 17.2. The molecule has 0 spiro atoms. The van der Waals surface area contributed by atoms with Crippen molar-refractivity contribution in [3.8, 4) is 0 Å². The van der Waals surface area contributed by atoms with E-state index in [1.165, 1.54) is 0 Å². The smallest absolute Gasteiger partial charge is 0.419 e. The molecule has 0 bridgehead atoms. The minimum Gasteiger partial charge on any atom is -0.480 e. The van der Waals surface area contributed by atoms with Gasteiger partial charge in [-0.05, 0) is 6.42 Å². The van der Waals surface area contributed by atoms with Crippen molar-refractivity contribution in [1.29, 1.82) is 0 Å². The fraction of sp³-hybridized carbons (Fsp3) is 0.909. The predicted octanol–water partition coefficient (Wildman–Crippen LogP) is 2.05. The molecule has 0 fully saturated rings. The van der Waals surface area contributed by atoms with Crippen LogP contribution in [0.3, 0.4) is 0 Å². The summed E-state index contributed by atoms with van der Waals surface area (Å²) in [7, 11) is 0. The van der Waals surface area contributed by atoms with Crippen LogP contribution in [0.25, 0.3) is 0 Å². The molecule has 0 aliphatic rings. The number of nitrogens with two attached hydrogens (primary N) is 1. The van der Waals surface area contributed by atoms with E-state index in [4.69, 9.17) is 10.8 Å². The first kappa shape index (κ1) is 17.2. The maximum atomic E-state index is 12.7. The lowest BCUT2D eigenvalue weighted by Gasteiger charge is -2.33. The summed E-state index contributed by atoms with van der Waals surface area (Å²) in [6, 6.07) is -2.36. The monoisotopic (exact) mass is 271 g/mol. The summed E-state index contributed by atoms with van der Waals surface area (Å²) in [5.41, 5.74) is 1.60. The van der Waals surface area contributed by atoms with Crippen molar-refractivity contribution in [3.63, 3.8) is 0 Å². The van der Waals surface area contributed by atoms with E-state index in [1.807, 2.05) is 6.92 Å². The van der Waals surface area contributed by atoms with Crippen LogP contribution < -0.4 is 5.73 Å². The van der Waals surface area contributed by atoms with Crippen LogP contribution >= 0.6 is 0 Å². The average molecular weight is 271 g/mol. The number of aliphatic hydroxyl groups is 1. The van der Waals surface area contributed by atoms with Gasteiger partial charge in [-0.1, -0.05) is 39.0 Å². The number of hydrogen-bond donors (Lipinski definition) is 3. The van der Waals surface area contributed by atoms with Crippen LogP contribution in [-0.2, 0) is 4.79 Å². The van der Waals surface area contributed by atoms with Crippen LogP contribution in [0, 0.1) is 0 Å². The molecule has 7 heteroatoms. The highest BCUT2D eigenvalue weighted by Gasteiger charge is 2.59. The van der Waals surface area contributed by atoms with Crippen LogP contribution in [0.5, 0.6) is 0 Å². The summed E-state index contributed by atoms with van der Waals surface area (Å²) in [5.74, 6) is -1.86. The standard InChI is InChI=1S/C11H20F3NO3/c1-2-3-4-5-6-7-10(18,11(12,13)14)8(15)9(16)17/h8,18H,2-7,15H2,1H3,(H,16,17). The second-order valence-corrected chi connectivity index (χ2v) is 4.40. The Morgan fingerprint density at radius 3 is 2.11 bits per heavy atom. The molecule has 0 aromatic carbocycles. The third-order valence-corrected chi connectivity index (χ3v) is 2.93. The first-order chi connectivity index (χ1) is 8.16. The molecule has 0 rings (SSSR count). The summed E-state index contributed by atoms with van der Waals surface area (Å²) in [5, 5.41) is 18.0. The number of halogens is 3. The van der Waals surface area contributed by atoms with Gasteiger partial charge in [0.05, 0.1) is 0 Å². The molecule has 0 saturated heterocycles. The fourth-order valence-corrected chi connectivity index (χ4v) is 1.68. The lowest BCUT2D eigenvalue weighted by atomic mass is 9.87. The Balaban J connectivity index is 4.56. The van der Waals surface area contributed by atoms with Crippen LogP contribution in [0.1, 0.15) is 45.4 Å². The average Bonchev–Trinajstić information content (AvgIpc) is 2.25. The molecular formula is C11H20F3NO3. The third-order valence-electron chi connectivity index (χ3n) is 2.93. The second kappa shape index (κ2) is 6.94. The van der Waals surface area contributed by atoms with Gasteiger partial charge in [-0.3, -0.25) is 4.79 Å². The van der Waals surface area contributed by atoms with Crippen LogP contribution in [-0.4, -0.2) is 34.0 Å². The van der Waals surface area contributed by atoms with Gasteiger partial charge in [-0.25, -0.2) is 0 Å². The minimum absolute atomic E-state index is 0.0942. The number of carboxylic acid groups (broad SMARTS) is 1. The van der Waals surface area contributed by atoms with E-state index < -0.39 is 30.2 Å². The van der Waals surface area contributed by atoms with E-state index in [0.29, 0.717) is 6.42 Å². The van der Waals surface area contributed by atoms with Crippen LogP contribution in [0.15, 0.2) is 0 Å². The number of carboxylic acids is 1. The lowest BCUT2D eigenvalue weighted by molar-refractivity contribution is -0.270. The summed E-state index contributed by atoms with van der Waals surface area (Å²) in [6.45, 7) is 1.96. The van der Waals surface area contributed by atoms with Crippen LogP contribution in [0.2, 0.25) is 0 Å². The molecule has 2 unspecified atom stereocenters. The Bertz CT molecular complexity index is 271. The zero-order valence-corrected chi connectivity index (χ0v) is 10.3. The van der Waals surface area contributed by atoms with Gasteiger partial charge in [-0.2, -0.15) is 13.2 Å². The van der Waals surface area contributed by atoms with Crippen molar-refractivity contribution in [2.45, 2.75) is 63.3 Å². The molecule has 0 aromatic heterocycles. The van der Waals surface area contributed by atoms with E-state index >= 15 is 0 Å². The second-order valence-electron chi connectivity index (χ2n) is 4.40. The van der Waals surface area contributed by atoms with Gasteiger partial charge in [0.25, 0.3) is 0 Å². The molecule has 0 radical (unpaired) electrons. The molecule has 0 aliphatic heterocycles. The largest absolute Gasteiger partial charge is 0.480 e. The molecule has 0 amide bonds. The molecule has 0 heterocycles.